The van der Waals surface area contributed by atoms with E-state index in [1.807, 2.05) is 60.8 Å². The van der Waals surface area contributed by atoms with E-state index in [9.17, 15) is 19.7 Å². The summed E-state index contributed by atoms with van der Waals surface area (Å²) in [7, 11) is 0. The molecule has 0 N–H and O–H groups in total. The van der Waals surface area contributed by atoms with Gasteiger partial charge in [-0.1, -0.05) is 41.9 Å². The Morgan fingerprint density at radius 1 is 0.947 bits per heavy atom. The Balaban J connectivity index is 1.40. The molecule has 1 aliphatic heterocycles. The Morgan fingerprint density at radius 2 is 1.71 bits per heavy atom. The molecule has 0 radical (unpaired) electrons. The van der Waals surface area contributed by atoms with E-state index in [0.29, 0.717) is 5.02 Å². The average Bonchev–Trinajstić information content (AvgIpc) is 3.65. The summed E-state index contributed by atoms with van der Waals surface area (Å²) in [4.78, 5) is 41.8. The van der Waals surface area contributed by atoms with Gasteiger partial charge >= 0.3 is 0 Å². The van der Waals surface area contributed by atoms with E-state index in [1.54, 1.807) is 21.9 Å². The summed E-state index contributed by atoms with van der Waals surface area (Å²) >= 11 is 6.36. The summed E-state index contributed by atoms with van der Waals surface area (Å²) in [5, 5.41) is 11.8. The van der Waals surface area contributed by atoms with Gasteiger partial charge in [-0.25, -0.2) is 0 Å². The molecule has 9 heteroatoms. The zero-order valence-electron chi connectivity index (χ0n) is 20.2. The van der Waals surface area contributed by atoms with Crippen LogP contribution in [0.5, 0.6) is 0 Å². The second kappa shape index (κ2) is 9.46. The summed E-state index contributed by atoms with van der Waals surface area (Å²) in [5.41, 5.74) is 3.38. The van der Waals surface area contributed by atoms with Gasteiger partial charge in [-0.15, -0.1) is 0 Å². The van der Waals surface area contributed by atoms with Gasteiger partial charge in [-0.3, -0.25) is 24.6 Å². The highest BCUT2D eigenvalue weighted by Gasteiger charge is 2.40. The number of anilines is 1. The minimum absolute atomic E-state index is 0.0840. The number of non-ortho nitro benzene ring substituents is 1. The molecule has 3 aromatic carbocycles. The third-order valence-electron chi connectivity index (χ3n) is 7.01. The van der Waals surface area contributed by atoms with Gasteiger partial charge in [0.15, 0.2) is 0 Å². The van der Waals surface area contributed by atoms with Crippen LogP contribution in [0.3, 0.4) is 0 Å². The molecule has 2 amide bonds. The van der Waals surface area contributed by atoms with E-state index >= 15 is 0 Å². The van der Waals surface area contributed by atoms with Crippen molar-refractivity contribution in [3.8, 4) is 5.69 Å². The summed E-state index contributed by atoms with van der Waals surface area (Å²) in [6.07, 6.45) is 3.53. The number of rotatable bonds is 6. The molecule has 0 bridgehead atoms. The number of nitrogens with zero attached hydrogens (tertiary/aromatic N) is 4. The molecular weight excluding hydrogens is 504 g/mol. The van der Waals surface area contributed by atoms with E-state index in [1.165, 1.54) is 18.2 Å². The van der Waals surface area contributed by atoms with Crippen LogP contribution >= 0.6 is 11.6 Å². The number of carbonyl (C=O) groups is 2. The molecule has 0 saturated heterocycles. The maximum Gasteiger partial charge on any atom is 0.270 e. The number of benzene rings is 3. The fraction of sp³-hybridized carbons (Fsp3) is 0.172. The Bertz CT molecular complexity index is 1580. The minimum atomic E-state index is -0.529. The molecule has 8 nitrogen and oxygen atoms in total. The summed E-state index contributed by atoms with van der Waals surface area (Å²) < 4.78 is 2.07. The molecule has 0 spiro atoms. The highest BCUT2D eigenvalue weighted by atomic mass is 35.5. The van der Waals surface area contributed by atoms with Crippen molar-refractivity contribution in [2.45, 2.75) is 24.9 Å². The molecule has 2 heterocycles. The molecule has 1 aromatic heterocycles. The fourth-order valence-corrected chi connectivity index (χ4v) is 5.35. The summed E-state index contributed by atoms with van der Waals surface area (Å²) in [6, 6.07) is 24.1. The van der Waals surface area contributed by atoms with Gasteiger partial charge in [0, 0.05) is 35.0 Å². The molecule has 4 aromatic rings. The SMILES string of the molecule is O=C(c1cccc([N+](=O)[O-])c1)N(CC(=O)N1c2ccccc2-n2cccc2C1c1cccc(Cl)c1)C1CC1. The van der Waals surface area contributed by atoms with Gasteiger partial charge in [0.2, 0.25) is 5.91 Å². The molecule has 6 rings (SSSR count). The summed E-state index contributed by atoms with van der Waals surface area (Å²) in [6.45, 7) is -0.154. The van der Waals surface area contributed by atoms with Gasteiger partial charge in [0.25, 0.3) is 11.6 Å². The second-order valence-corrected chi connectivity index (χ2v) is 9.92. The second-order valence-electron chi connectivity index (χ2n) is 9.48. The molecule has 190 valence electrons. The smallest absolute Gasteiger partial charge is 0.270 e. The lowest BCUT2D eigenvalue weighted by Gasteiger charge is -2.39. The van der Waals surface area contributed by atoms with Crippen LogP contribution in [0, 0.1) is 10.1 Å². The van der Waals surface area contributed by atoms with Gasteiger partial charge in [0.1, 0.15) is 12.6 Å². The number of nitro benzene ring substituents is 1. The number of amides is 2. The van der Waals surface area contributed by atoms with Crippen LogP contribution in [0.25, 0.3) is 5.69 Å². The van der Waals surface area contributed by atoms with E-state index in [0.717, 1.165) is 35.5 Å². The number of hydrogen-bond donors (Lipinski definition) is 0. The summed E-state index contributed by atoms with van der Waals surface area (Å²) in [5.74, 6) is -0.641. The zero-order valence-corrected chi connectivity index (χ0v) is 21.0. The molecular formula is C29H23ClN4O4. The van der Waals surface area contributed by atoms with E-state index in [2.05, 4.69) is 4.57 Å². The molecule has 1 aliphatic carbocycles. The van der Waals surface area contributed by atoms with Crippen molar-refractivity contribution in [2.75, 3.05) is 11.4 Å². The number of hydrogen-bond acceptors (Lipinski definition) is 4. The first-order chi connectivity index (χ1) is 18.4. The third-order valence-corrected chi connectivity index (χ3v) is 7.25. The molecule has 2 aliphatic rings. The topological polar surface area (TPSA) is 88.7 Å². The van der Waals surface area contributed by atoms with E-state index in [4.69, 9.17) is 11.6 Å². The highest BCUT2D eigenvalue weighted by Crippen LogP contribution is 2.43. The van der Waals surface area contributed by atoms with Crippen molar-refractivity contribution in [3.63, 3.8) is 0 Å². The Labute approximate surface area is 223 Å². The molecule has 1 fully saturated rings. The van der Waals surface area contributed by atoms with Crippen molar-refractivity contribution >= 4 is 34.8 Å². The lowest BCUT2D eigenvalue weighted by molar-refractivity contribution is -0.384. The number of halogens is 1. The predicted octanol–water partition coefficient (Wildman–Crippen LogP) is 5.78. The Kier molecular flexibility index (Phi) is 5.96. The number of fused-ring (bicyclic) bond motifs is 3. The monoisotopic (exact) mass is 526 g/mol. The quantitative estimate of drug-likeness (QED) is 0.235. The van der Waals surface area contributed by atoms with Crippen molar-refractivity contribution in [1.29, 1.82) is 0 Å². The van der Waals surface area contributed by atoms with E-state index < -0.39 is 16.9 Å². The van der Waals surface area contributed by atoms with Gasteiger partial charge in [0.05, 0.1) is 22.0 Å². The number of carbonyl (C=O) groups excluding carboxylic acids is 2. The Morgan fingerprint density at radius 3 is 2.45 bits per heavy atom. The highest BCUT2D eigenvalue weighted by molar-refractivity contribution is 6.30. The lowest BCUT2D eigenvalue weighted by atomic mass is 9.97. The van der Waals surface area contributed by atoms with Crippen molar-refractivity contribution < 1.29 is 14.5 Å². The van der Waals surface area contributed by atoms with Crippen LogP contribution in [0.1, 0.15) is 40.5 Å². The largest absolute Gasteiger partial charge is 0.326 e. The van der Waals surface area contributed by atoms with Crippen LogP contribution < -0.4 is 4.90 Å². The van der Waals surface area contributed by atoms with Gasteiger partial charge in [-0.2, -0.15) is 0 Å². The molecule has 1 saturated carbocycles. The first-order valence-corrected chi connectivity index (χ1v) is 12.7. The normalized spacial score (nSPS) is 15.9. The van der Waals surface area contributed by atoms with Crippen molar-refractivity contribution in [3.05, 3.63) is 123 Å². The van der Waals surface area contributed by atoms with Crippen LogP contribution in [0.15, 0.2) is 91.1 Å². The van der Waals surface area contributed by atoms with Gasteiger partial charge < -0.3 is 9.47 Å². The van der Waals surface area contributed by atoms with Gasteiger partial charge in [-0.05, 0) is 60.9 Å². The number of para-hydroxylation sites is 2. The molecule has 1 atom stereocenters. The maximum atomic E-state index is 14.2. The van der Waals surface area contributed by atoms with Crippen LogP contribution in [0.4, 0.5) is 11.4 Å². The van der Waals surface area contributed by atoms with Crippen molar-refractivity contribution in [2.24, 2.45) is 0 Å². The minimum Gasteiger partial charge on any atom is -0.326 e. The fourth-order valence-electron chi connectivity index (χ4n) is 5.15. The van der Waals surface area contributed by atoms with Crippen LogP contribution in [0.2, 0.25) is 5.02 Å². The zero-order chi connectivity index (χ0) is 26.4. The molecule has 38 heavy (non-hydrogen) atoms. The Hall–Kier alpha value is -4.43. The van der Waals surface area contributed by atoms with Crippen molar-refractivity contribution in [1.82, 2.24) is 9.47 Å². The number of nitro groups is 1. The van der Waals surface area contributed by atoms with Crippen LogP contribution in [-0.2, 0) is 4.79 Å². The standard InChI is InChI=1S/C29H23ClN4O4/c30-21-8-3-6-19(16-21)28-26-12-5-15-31(26)24-10-1-2-11-25(24)33(28)27(35)18-32(22-13-14-22)29(36)20-7-4-9-23(17-20)34(37)38/h1-12,15-17,22,28H,13-14,18H2. The first kappa shape index (κ1) is 23.9. The lowest BCUT2D eigenvalue weighted by Crippen LogP contribution is -2.47. The number of aromatic nitrogens is 1. The molecule has 1 unspecified atom stereocenters. The maximum absolute atomic E-state index is 14.2. The first-order valence-electron chi connectivity index (χ1n) is 12.3. The van der Waals surface area contributed by atoms with E-state index in [-0.39, 0.29) is 29.7 Å². The predicted molar refractivity (Wildman–Crippen MR) is 144 cm³/mol. The van der Waals surface area contributed by atoms with Crippen LogP contribution in [-0.4, -0.2) is 38.8 Å². The average molecular weight is 527 g/mol. The third kappa shape index (κ3) is 4.22.